The van der Waals surface area contributed by atoms with Crippen molar-refractivity contribution in [3.8, 4) is 5.75 Å². The van der Waals surface area contributed by atoms with Gasteiger partial charge in [-0.3, -0.25) is 14.9 Å². The number of carbonyl (C=O) groups is 1. The van der Waals surface area contributed by atoms with Crippen molar-refractivity contribution in [2.45, 2.75) is 6.61 Å². The first kappa shape index (κ1) is 15.2. The number of benzene rings is 2. The van der Waals surface area contributed by atoms with E-state index in [-0.39, 0.29) is 23.4 Å². The van der Waals surface area contributed by atoms with Crippen molar-refractivity contribution >= 4 is 27.4 Å². The van der Waals surface area contributed by atoms with Gasteiger partial charge in [-0.2, -0.15) is 0 Å². The number of ether oxygens (including phenoxy) is 1. The van der Waals surface area contributed by atoms with Gasteiger partial charge in [-0.1, -0.05) is 28.1 Å². The zero-order valence-electron chi connectivity index (χ0n) is 11.0. The molecule has 0 radical (unpaired) electrons. The Labute approximate surface area is 129 Å². The molecule has 0 unspecified atom stereocenters. The van der Waals surface area contributed by atoms with Gasteiger partial charge in [0.1, 0.15) is 12.4 Å². The van der Waals surface area contributed by atoms with Crippen molar-refractivity contribution in [3.63, 3.8) is 0 Å². The third-order valence-corrected chi connectivity index (χ3v) is 3.33. The molecule has 0 N–H and O–H groups in total. The summed E-state index contributed by atoms with van der Waals surface area (Å²) in [6.07, 6.45) is 0. The Balaban J connectivity index is 2.01. The number of rotatable bonds is 6. The predicted molar refractivity (Wildman–Crippen MR) is 82.0 cm³/mol. The highest BCUT2D eigenvalue weighted by Crippen LogP contribution is 2.17. The molecule has 0 fully saturated rings. The van der Waals surface area contributed by atoms with Gasteiger partial charge in [-0.15, -0.1) is 0 Å². The van der Waals surface area contributed by atoms with Crippen LogP contribution in [0.5, 0.6) is 5.75 Å². The molecule has 108 valence electrons. The van der Waals surface area contributed by atoms with Gasteiger partial charge in [0.15, 0.2) is 5.78 Å². The summed E-state index contributed by atoms with van der Waals surface area (Å²) in [5.74, 6) is 0.605. The van der Waals surface area contributed by atoms with Crippen molar-refractivity contribution in [1.29, 1.82) is 0 Å². The van der Waals surface area contributed by atoms with Crippen molar-refractivity contribution in [3.05, 3.63) is 69.8 Å². The zero-order valence-corrected chi connectivity index (χ0v) is 12.6. The number of alkyl halides is 1. The van der Waals surface area contributed by atoms with Crippen LogP contribution in [0.15, 0.2) is 48.5 Å². The summed E-state index contributed by atoms with van der Waals surface area (Å²) in [6, 6.07) is 13.1. The molecule has 0 bridgehead atoms. The van der Waals surface area contributed by atoms with E-state index < -0.39 is 4.92 Å². The van der Waals surface area contributed by atoms with Crippen LogP contribution in [0.25, 0.3) is 0 Å². The molecule has 0 atom stereocenters. The maximum atomic E-state index is 11.5. The molecule has 0 amide bonds. The summed E-state index contributed by atoms with van der Waals surface area (Å²) in [5.41, 5.74) is 1.36. The Kier molecular flexibility index (Phi) is 5.05. The number of Topliss-reactive ketones (excluding diaryl/α,β-unsaturated/α-hetero) is 1. The third kappa shape index (κ3) is 4.13. The number of ketones is 1. The van der Waals surface area contributed by atoms with Crippen molar-refractivity contribution in [1.82, 2.24) is 0 Å². The fourth-order valence-corrected chi connectivity index (χ4v) is 2.06. The second-order valence-electron chi connectivity index (χ2n) is 4.30. The van der Waals surface area contributed by atoms with Crippen LogP contribution in [0.4, 0.5) is 5.69 Å². The minimum atomic E-state index is -0.440. The number of carbonyl (C=O) groups excluding carboxylic acids is 1. The third-order valence-electron chi connectivity index (χ3n) is 2.82. The molecule has 0 saturated carbocycles. The predicted octanol–water partition coefficient (Wildman–Crippen LogP) is 3.75. The molecule has 0 aliphatic carbocycles. The second-order valence-corrected chi connectivity index (χ2v) is 4.86. The van der Waals surface area contributed by atoms with E-state index in [9.17, 15) is 14.9 Å². The average molecular weight is 350 g/mol. The van der Waals surface area contributed by atoms with Gasteiger partial charge in [-0.05, 0) is 29.8 Å². The van der Waals surface area contributed by atoms with Crippen LogP contribution in [-0.2, 0) is 6.61 Å². The minimum Gasteiger partial charge on any atom is -0.489 e. The molecule has 0 heterocycles. The number of non-ortho nitro benzene ring substituents is 1. The van der Waals surface area contributed by atoms with E-state index in [1.165, 1.54) is 12.1 Å². The van der Waals surface area contributed by atoms with Crippen LogP contribution in [0, 0.1) is 10.1 Å². The Bertz CT molecular complexity index is 655. The minimum absolute atomic E-state index is 0.000217. The van der Waals surface area contributed by atoms with Gasteiger partial charge < -0.3 is 4.74 Å². The molecule has 6 heteroatoms. The Morgan fingerprint density at radius 1 is 1.19 bits per heavy atom. The largest absolute Gasteiger partial charge is 0.489 e. The highest BCUT2D eigenvalue weighted by molar-refractivity contribution is 9.09. The number of hydrogen-bond donors (Lipinski definition) is 0. The van der Waals surface area contributed by atoms with Crippen molar-refractivity contribution < 1.29 is 14.5 Å². The quantitative estimate of drug-likeness (QED) is 0.344. The first-order valence-electron chi connectivity index (χ1n) is 6.15. The smallest absolute Gasteiger partial charge is 0.269 e. The summed E-state index contributed by atoms with van der Waals surface area (Å²) in [7, 11) is 0. The summed E-state index contributed by atoms with van der Waals surface area (Å²) in [4.78, 5) is 21.7. The van der Waals surface area contributed by atoms with Crippen LogP contribution in [0.3, 0.4) is 0 Å². The Hall–Kier alpha value is -2.21. The van der Waals surface area contributed by atoms with Gasteiger partial charge >= 0.3 is 0 Å². The number of nitro groups is 1. The lowest BCUT2D eigenvalue weighted by atomic mass is 10.1. The summed E-state index contributed by atoms with van der Waals surface area (Å²) in [6.45, 7) is 0.230. The topological polar surface area (TPSA) is 69.4 Å². The number of halogens is 1. The monoisotopic (exact) mass is 349 g/mol. The van der Waals surface area contributed by atoms with E-state index in [2.05, 4.69) is 15.9 Å². The molecular weight excluding hydrogens is 338 g/mol. The maximum absolute atomic E-state index is 11.5. The molecule has 21 heavy (non-hydrogen) atoms. The van der Waals surface area contributed by atoms with Crippen LogP contribution >= 0.6 is 15.9 Å². The normalized spacial score (nSPS) is 10.1. The summed E-state index contributed by atoms with van der Waals surface area (Å²) < 4.78 is 5.55. The summed E-state index contributed by atoms with van der Waals surface area (Å²) >= 11 is 3.11. The van der Waals surface area contributed by atoms with Gasteiger partial charge in [0.25, 0.3) is 5.69 Å². The fourth-order valence-electron chi connectivity index (χ4n) is 1.74. The highest BCUT2D eigenvalue weighted by Gasteiger charge is 2.07. The molecule has 0 spiro atoms. The molecule has 0 aliphatic rings. The highest BCUT2D eigenvalue weighted by atomic mass is 79.9. The molecule has 0 saturated heterocycles. The fraction of sp³-hybridized carbons (Fsp3) is 0.133. The van der Waals surface area contributed by atoms with E-state index in [1.807, 2.05) is 0 Å². The number of nitro benzene ring substituents is 1. The standard InChI is InChI=1S/C15H12BrNO4/c16-9-15(18)12-4-6-14(7-5-12)21-10-11-2-1-3-13(8-11)17(19)20/h1-8H,9-10H2. The maximum Gasteiger partial charge on any atom is 0.269 e. The van der Waals surface area contributed by atoms with Gasteiger partial charge in [0, 0.05) is 17.7 Å². The van der Waals surface area contributed by atoms with Gasteiger partial charge in [0.05, 0.1) is 10.3 Å². The second kappa shape index (κ2) is 6.99. The first-order valence-corrected chi connectivity index (χ1v) is 7.27. The zero-order chi connectivity index (χ0) is 15.2. The van der Waals surface area contributed by atoms with Gasteiger partial charge in [-0.25, -0.2) is 0 Å². The lowest BCUT2D eigenvalue weighted by Crippen LogP contribution is -2.00. The number of hydrogen-bond acceptors (Lipinski definition) is 4. The van der Waals surface area contributed by atoms with Crippen LogP contribution < -0.4 is 4.74 Å². The van der Waals surface area contributed by atoms with Crippen LogP contribution in [0.1, 0.15) is 15.9 Å². The molecule has 2 rings (SSSR count). The van der Waals surface area contributed by atoms with E-state index in [0.29, 0.717) is 16.9 Å². The van der Waals surface area contributed by atoms with E-state index in [4.69, 9.17) is 4.74 Å². The van der Waals surface area contributed by atoms with Crippen molar-refractivity contribution in [2.75, 3.05) is 5.33 Å². The molecule has 5 nitrogen and oxygen atoms in total. The molecule has 2 aromatic carbocycles. The SMILES string of the molecule is O=C(CBr)c1ccc(OCc2cccc([N+](=O)[O-])c2)cc1. The number of nitrogens with zero attached hydrogens (tertiary/aromatic N) is 1. The molecule has 0 aromatic heterocycles. The Morgan fingerprint density at radius 2 is 1.90 bits per heavy atom. The lowest BCUT2D eigenvalue weighted by Gasteiger charge is -2.07. The van der Waals surface area contributed by atoms with Crippen LogP contribution in [0.2, 0.25) is 0 Å². The van der Waals surface area contributed by atoms with Crippen molar-refractivity contribution in [2.24, 2.45) is 0 Å². The Morgan fingerprint density at radius 3 is 2.52 bits per heavy atom. The lowest BCUT2D eigenvalue weighted by molar-refractivity contribution is -0.384. The molecule has 0 aliphatic heterocycles. The molecular formula is C15H12BrNO4. The van der Waals surface area contributed by atoms with Crippen LogP contribution in [-0.4, -0.2) is 16.0 Å². The average Bonchev–Trinajstić information content (AvgIpc) is 2.53. The van der Waals surface area contributed by atoms with Gasteiger partial charge in [0.2, 0.25) is 0 Å². The molecule has 2 aromatic rings. The van der Waals surface area contributed by atoms with E-state index in [0.717, 1.165) is 0 Å². The summed E-state index contributed by atoms with van der Waals surface area (Å²) in [5, 5.41) is 11.0. The van der Waals surface area contributed by atoms with E-state index >= 15 is 0 Å². The first-order chi connectivity index (χ1) is 10.1. The van der Waals surface area contributed by atoms with E-state index in [1.54, 1.807) is 36.4 Å².